The maximum absolute atomic E-state index is 6.64. The van der Waals surface area contributed by atoms with Gasteiger partial charge in [0.25, 0.3) is 0 Å². The molecule has 0 spiro atoms. The van der Waals surface area contributed by atoms with E-state index in [4.69, 9.17) is 14.9 Å². The molecular formula is C30H57NO2Si. The molecule has 0 bridgehead atoms. The van der Waals surface area contributed by atoms with Crippen LogP contribution in [0.15, 0.2) is 30.3 Å². The van der Waals surface area contributed by atoms with Gasteiger partial charge in [-0.2, -0.15) is 0 Å². The van der Waals surface area contributed by atoms with Gasteiger partial charge in [-0.05, 0) is 36.0 Å². The van der Waals surface area contributed by atoms with Crippen LogP contribution in [0.4, 0.5) is 0 Å². The minimum Gasteiger partial charge on any atom is -0.415 e. The standard InChI is InChI=1S/C30H57NO2Si/c1-26(2)20-16-13-11-9-8-10-12-14-19-23-29(32-24-27-21-17-15-18-22-27)28(31)25-33-34(6,7)30(3,4)5/h15,17-18,21-22,26,28-29H,8-14,16,19-20,23-25,31H2,1-7H3/t28-,29+/m0/s1. The van der Waals surface area contributed by atoms with Crippen molar-refractivity contribution in [1.29, 1.82) is 0 Å². The van der Waals surface area contributed by atoms with Crippen molar-refractivity contribution in [2.45, 2.75) is 142 Å². The Hall–Kier alpha value is -0.683. The summed E-state index contributed by atoms with van der Waals surface area (Å²) in [6, 6.07) is 10.3. The molecule has 0 aliphatic rings. The van der Waals surface area contributed by atoms with Gasteiger partial charge in [-0.25, -0.2) is 0 Å². The third-order valence-electron chi connectivity index (χ3n) is 7.50. The molecular weight excluding hydrogens is 434 g/mol. The van der Waals surface area contributed by atoms with Gasteiger partial charge in [0.1, 0.15) is 0 Å². The lowest BCUT2D eigenvalue weighted by Gasteiger charge is -2.37. The van der Waals surface area contributed by atoms with Crippen LogP contribution in [0, 0.1) is 5.92 Å². The second kappa shape index (κ2) is 16.9. The zero-order chi connectivity index (χ0) is 25.5. The lowest BCUT2D eigenvalue weighted by molar-refractivity contribution is 0.00520. The average Bonchev–Trinajstić information content (AvgIpc) is 2.77. The molecule has 0 saturated carbocycles. The number of nitrogens with two attached hydrogens (primary N) is 1. The van der Waals surface area contributed by atoms with E-state index in [2.05, 4.69) is 72.0 Å². The summed E-state index contributed by atoms with van der Waals surface area (Å²) in [5.74, 6) is 0.854. The summed E-state index contributed by atoms with van der Waals surface area (Å²) in [7, 11) is -1.81. The van der Waals surface area contributed by atoms with Crippen LogP contribution in [0.25, 0.3) is 0 Å². The molecule has 0 aliphatic carbocycles. The van der Waals surface area contributed by atoms with Gasteiger partial charge in [0.15, 0.2) is 8.32 Å². The van der Waals surface area contributed by atoms with E-state index in [1.165, 1.54) is 69.8 Å². The van der Waals surface area contributed by atoms with Crippen molar-refractivity contribution in [1.82, 2.24) is 0 Å². The maximum atomic E-state index is 6.64. The second-order valence-corrected chi connectivity index (χ2v) is 17.0. The van der Waals surface area contributed by atoms with Crippen LogP contribution in [0.2, 0.25) is 18.1 Å². The smallest absolute Gasteiger partial charge is 0.192 e. The van der Waals surface area contributed by atoms with E-state index in [0.717, 1.165) is 12.3 Å². The van der Waals surface area contributed by atoms with E-state index in [0.29, 0.717) is 13.2 Å². The van der Waals surface area contributed by atoms with E-state index in [1.807, 2.05) is 6.07 Å². The molecule has 3 nitrogen and oxygen atoms in total. The zero-order valence-electron chi connectivity index (χ0n) is 23.7. The van der Waals surface area contributed by atoms with Gasteiger partial charge in [-0.1, -0.05) is 129 Å². The molecule has 0 saturated heterocycles. The van der Waals surface area contributed by atoms with Crippen molar-refractivity contribution in [2.75, 3.05) is 6.61 Å². The molecule has 198 valence electrons. The van der Waals surface area contributed by atoms with E-state index in [1.54, 1.807) is 0 Å². The summed E-state index contributed by atoms with van der Waals surface area (Å²) >= 11 is 0. The van der Waals surface area contributed by atoms with Crippen LogP contribution < -0.4 is 5.73 Å². The molecule has 0 aromatic heterocycles. The van der Waals surface area contributed by atoms with Crippen LogP contribution in [0.5, 0.6) is 0 Å². The summed E-state index contributed by atoms with van der Waals surface area (Å²) in [4.78, 5) is 0. The molecule has 0 fully saturated rings. The third kappa shape index (κ3) is 14.0. The van der Waals surface area contributed by atoms with Crippen LogP contribution in [-0.4, -0.2) is 27.1 Å². The van der Waals surface area contributed by atoms with Crippen molar-refractivity contribution in [2.24, 2.45) is 11.7 Å². The minimum absolute atomic E-state index is 0.0472. The number of unbranched alkanes of at least 4 members (excludes halogenated alkanes) is 8. The third-order valence-corrected chi connectivity index (χ3v) is 12.0. The zero-order valence-corrected chi connectivity index (χ0v) is 24.7. The number of benzene rings is 1. The molecule has 0 aliphatic heterocycles. The Kier molecular flexibility index (Phi) is 15.6. The van der Waals surface area contributed by atoms with Crippen molar-refractivity contribution in [3.63, 3.8) is 0 Å². The predicted octanol–water partition coefficient (Wildman–Crippen LogP) is 8.87. The Morgan fingerprint density at radius 3 is 1.79 bits per heavy atom. The molecule has 0 radical (unpaired) electrons. The van der Waals surface area contributed by atoms with Gasteiger partial charge in [0.2, 0.25) is 0 Å². The van der Waals surface area contributed by atoms with Crippen LogP contribution in [0.3, 0.4) is 0 Å². The lowest BCUT2D eigenvalue weighted by atomic mass is 10.0. The SMILES string of the molecule is CC(C)CCCCCCCCCCC[C@@H](OCc1ccccc1)[C@@H](N)CO[Si](C)(C)C(C)(C)C. The maximum Gasteiger partial charge on any atom is 0.192 e. The summed E-state index contributed by atoms with van der Waals surface area (Å²) in [6.45, 7) is 17.3. The van der Waals surface area contributed by atoms with Gasteiger partial charge < -0.3 is 14.9 Å². The van der Waals surface area contributed by atoms with Crippen LogP contribution >= 0.6 is 0 Å². The quantitative estimate of drug-likeness (QED) is 0.155. The highest BCUT2D eigenvalue weighted by atomic mass is 28.4. The predicted molar refractivity (Wildman–Crippen MR) is 152 cm³/mol. The highest BCUT2D eigenvalue weighted by Crippen LogP contribution is 2.36. The molecule has 1 rings (SSSR count). The Labute approximate surface area is 213 Å². The van der Waals surface area contributed by atoms with Crippen LogP contribution in [0.1, 0.15) is 111 Å². The molecule has 34 heavy (non-hydrogen) atoms. The van der Waals surface area contributed by atoms with Crippen LogP contribution in [-0.2, 0) is 15.8 Å². The summed E-state index contributed by atoms with van der Waals surface area (Å²) in [6.07, 6.45) is 14.6. The Morgan fingerprint density at radius 1 is 0.794 bits per heavy atom. The fraction of sp³-hybridized carbons (Fsp3) is 0.800. The minimum atomic E-state index is -1.81. The average molecular weight is 492 g/mol. The number of ether oxygens (including phenoxy) is 1. The lowest BCUT2D eigenvalue weighted by Crippen LogP contribution is -2.47. The number of hydrogen-bond donors (Lipinski definition) is 1. The van der Waals surface area contributed by atoms with E-state index in [-0.39, 0.29) is 17.2 Å². The van der Waals surface area contributed by atoms with Crippen molar-refractivity contribution < 1.29 is 9.16 Å². The van der Waals surface area contributed by atoms with E-state index >= 15 is 0 Å². The molecule has 1 aromatic rings. The molecule has 1 aromatic carbocycles. The molecule has 4 heteroatoms. The Bertz CT molecular complexity index is 612. The largest absolute Gasteiger partial charge is 0.415 e. The topological polar surface area (TPSA) is 44.5 Å². The summed E-state index contributed by atoms with van der Waals surface area (Å²) in [5.41, 5.74) is 7.85. The molecule has 0 unspecified atom stereocenters. The highest BCUT2D eigenvalue weighted by Gasteiger charge is 2.37. The molecule has 2 atom stereocenters. The number of hydrogen-bond acceptors (Lipinski definition) is 3. The van der Waals surface area contributed by atoms with E-state index < -0.39 is 8.32 Å². The summed E-state index contributed by atoms with van der Waals surface area (Å²) in [5, 5.41) is 0.196. The number of rotatable bonds is 19. The second-order valence-electron chi connectivity index (χ2n) is 12.2. The summed E-state index contributed by atoms with van der Waals surface area (Å²) < 4.78 is 12.8. The van der Waals surface area contributed by atoms with Crippen molar-refractivity contribution in [3.8, 4) is 0 Å². The first kappa shape index (κ1) is 31.3. The first-order chi connectivity index (χ1) is 16.0. The Balaban J connectivity index is 2.37. The molecule has 0 heterocycles. The van der Waals surface area contributed by atoms with Gasteiger partial charge in [0.05, 0.1) is 25.4 Å². The monoisotopic (exact) mass is 491 g/mol. The normalized spacial score (nSPS) is 14.5. The Morgan fingerprint density at radius 2 is 1.29 bits per heavy atom. The van der Waals surface area contributed by atoms with Gasteiger partial charge in [-0.15, -0.1) is 0 Å². The fourth-order valence-electron chi connectivity index (χ4n) is 3.96. The van der Waals surface area contributed by atoms with E-state index in [9.17, 15) is 0 Å². The molecule has 2 N–H and O–H groups in total. The highest BCUT2D eigenvalue weighted by molar-refractivity contribution is 6.74. The first-order valence-electron chi connectivity index (χ1n) is 14.1. The molecule has 0 amide bonds. The fourth-order valence-corrected chi connectivity index (χ4v) is 5.00. The van der Waals surface area contributed by atoms with Crippen molar-refractivity contribution in [3.05, 3.63) is 35.9 Å². The van der Waals surface area contributed by atoms with Gasteiger partial charge in [-0.3, -0.25) is 0 Å². The first-order valence-corrected chi connectivity index (χ1v) is 17.0. The van der Waals surface area contributed by atoms with Crippen molar-refractivity contribution >= 4 is 8.32 Å². The van der Waals surface area contributed by atoms with Gasteiger partial charge >= 0.3 is 0 Å². The van der Waals surface area contributed by atoms with Gasteiger partial charge in [0, 0.05) is 0 Å².